The third-order valence-electron chi connectivity index (χ3n) is 3.68. The maximum atomic E-state index is 13.0. The van der Waals surface area contributed by atoms with Crippen LogP contribution >= 0.6 is 11.8 Å². The molecular formula is C18H14F3N3OS. The molecule has 0 aliphatic carbocycles. The molecule has 8 heteroatoms. The number of halogens is 3. The van der Waals surface area contributed by atoms with Crippen molar-refractivity contribution in [3.05, 3.63) is 60.3 Å². The van der Waals surface area contributed by atoms with Gasteiger partial charge in [0.15, 0.2) is 0 Å². The quantitative estimate of drug-likeness (QED) is 0.666. The second kappa shape index (κ2) is 7.33. The van der Waals surface area contributed by atoms with Crippen LogP contribution in [0.15, 0.2) is 59.8 Å². The average molecular weight is 377 g/mol. The zero-order valence-electron chi connectivity index (χ0n) is 13.6. The number of para-hydroxylation sites is 1. The summed E-state index contributed by atoms with van der Waals surface area (Å²) in [5.74, 6) is -0.540. The van der Waals surface area contributed by atoms with E-state index in [-0.39, 0.29) is 5.69 Å². The Balaban J connectivity index is 1.79. The maximum Gasteiger partial charge on any atom is 0.418 e. The normalized spacial score (nSPS) is 12.8. The van der Waals surface area contributed by atoms with E-state index in [1.807, 2.05) is 24.3 Å². The minimum atomic E-state index is -4.54. The van der Waals surface area contributed by atoms with Crippen LogP contribution in [0.3, 0.4) is 0 Å². The number of aromatic nitrogens is 2. The average Bonchev–Trinajstić information content (AvgIpc) is 2.61. The predicted octanol–water partition coefficient (Wildman–Crippen LogP) is 4.77. The number of nitrogens with zero attached hydrogens (tertiary/aromatic N) is 2. The van der Waals surface area contributed by atoms with Gasteiger partial charge in [0.05, 0.1) is 22.7 Å². The van der Waals surface area contributed by atoms with E-state index in [9.17, 15) is 18.0 Å². The molecule has 1 heterocycles. The lowest BCUT2D eigenvalue weighted by molar-refractivity contribution is -0.137. The molecule has 26 heavy (non-hydrogen) atoms. The van der Waals surface area contributed by atoms with Gasteiger partial charge in [0.1, 0.15) is 5.03 Å². The Morgan fingerprint density at radius 3 is 2.58 bits per heavy atom. The van der Waals surface area contributed by atoms with Crippen molar-refractivity contribution in [1.82, 2.24) is 10.2 Å². The van der Waals surface area contributed by atoms with Crippen LogP contribution in [0.4, 0.5) is 18.9 Å². The summed E-state index contributed by atoms with van der Waals surface area (Å²) in [6.45, 7) is 1.61. The fourth-order valence-electron chi connectivity index (χ4n) is 2.38. The van der Waals surface area contributed by atoms with E-state index in [0.29, 0.717) is 5.03 Å². The Bertz CT molecular complexity index is 941. The summed E-state index contributed by atoms with van der Waals surface area (Å²) in [6.07, 6.45) is -2.93. The molecule has 0 spiro atoms. The van der Waals surface area contributed by atoms with E-state index in [1.165, 1.54) is 18.2 Å². The van der Waals surface area contributed by atoms with Gasteiger partial charge in [-0.15, -0.1) is 5.10 Å². The number of carbonyl (C=O) groups excluding carboxylic acids is 1. The zero-order chi connectivity index (χ0) is 18.7. The first kappa shape index (κ1) is 18.2. The van der Waals surface area contributed by atoms with Crippen LogP contribution in [0.2, 0.25) is 0 Å². The van der Waals surface area contributed by atoms with Crippen LogP contribution in [0, 0.1) is 0 Å². The van der Waals surface area contributed by atoms with Crippen LogP contribution in [0.25, 0.3) is 10.8 Å². The highest BCUT2D eigenvalue weighted by atomic mass is 32.2. The van der Waals surface area contributed by atoms with Crippen molar-refractivity contribution in [2.45, 2.75) is 23.4 Å². The number of thioether (sulfide) groups is 1. The maximum absolute atomic E-state index is 13.0. The molecule has 0 aliphatic heterocycles. The van der Waals surface area contributed by atoms with Crippen LogP contribution in [-0.2, 0) is 11.0 Å². The largest absolute Gasteiger partial charge is 0.418 e. The molecule has 3 rings (SSSR count). The Hall–Kier alpha value is -2.61. The number of alkyl halides is 3. The number of benzene rings is 2. The molecule has 0 bridgehead atoms. The predicted molar refractivity (Wildman–Crippen MR) is 94.9 cm³/mol. The molecule has 1 atom stereocenters. The number of anilines is 1. The molecule has 134 valence electrons. The van der Waals surface area contributed by atoms with Gasteiger partial charge in [-0.3, -0.25) is 4.79 Å². The Labute approximate surface area is 151 Å². The van der Waals surface area contributed by atoms with Gasteiger partial charge in [0.25, 0.3) is 0 Å². The molecule has 1 aromatic heterocycles. The van der Waals surface area contributed by atoms with E-state index < -0.39 is 22.9 Å². The summed E-state index contributed by atoms with van der Waals surface area (Å²) in [7, 11) is 0. The van der Waals surface area contributed by atoms with Crippen LogP contribution in [-0.4, -0.2) is 21.4 Å². The number of nitrogens with one attached hydrogen (secondary N) is 1. The first-order valence-electron chi connectivity index (χ1n) is 7.70. The number of rotatable bonds is 4. The molecule has 3 aromatic rings. The summed E-state index contributed by atoms with van der Waals surface area (Å²) in [5.41, 5.74) is -1.14. The Kier molecular flexibility index (Phi) is 5.13. The highest BCUT2D eigenvalue weighted by Gasteiger charge is 2.34. The summed E-state index contributed by atoms with van der Waals surface area (Å²) in [4.78, 5) is 12.4. The van der Waals surface area contributed by atoms with Gasteiger partial charge in [-0.2, -0.15) is 18.3 Å². The van der Waals surface area contributed by atoms with Crippen LogP contribution in [0.5, 0.6) is 0 Å². The number of hydrogen-bond acceptors (Lipinski definition) is 4. The molecule has 0 fully saturated rings. The molecule has 0 radical (unpaired) electrons. The lowest BCUT2D eigenvalue weighted by Gasteiger charge is -2.16. The van der Waals surface area contributed by atoms with Crippen molar-refractivity contribution in [2.24, 2.45) is 0 Å². The van der Waals surface area contributed by atoms with Gasteiger partial charge in [-0.05, 0) is 19.1 Å². The van der Waals surface area contributed by atoms with Crippen molar-refractivity contribution < 1.29 is 18.0 Å². The second-order valence-corrected chi connectivity index (χ2v) is 6.86. The topological polar surface area (TPSA) is 54.9 Å². The molecule has 2 aromatic carbocycles. The Morgan fingerprint density at radius 1 is 1.12 bits per heavy atom. The molecule has 0 saturated carbocycles. The number of fused-ring (bicyclic) bond motifs is 1. The standard InChI is InChI=1S/C18H14F3N3OS/c1-11(26-17-13-7-3-2-6-12(13)10-22-24-17)16(25)23-15-9-5-4-8-14(15)18(19,20)21/h2-11H,1H3,(H,23,25)/t11-/m1/s1. The van der Waals surface area contributed by atoms with E-state index >= 15 is 0 Å². The first-order valence-corrected chi connectivity index (χ1v) is 8.58. The van der Waals surface area contributed by atoms with Gasteiger partial charge in [0, 0.05) is 10.8 Å². The lowest BCUT2D eigenvalue weighted by Crippen LogP contribution is -2.24. The van der Waals surface area contributed by atoms with Gasteiger partial charge < -0.3 is 5.32 Å². The van der Waals surface area contributed by atoms with Crippen LogP contribution in [0.1, 0.15) is 12.5 Å². The highest BCUT2D eigenvalue weighted by molar-refractivity contribution is 8.00. The SMILES string of the molecule is C[C@@H](Sc1nncc2ccccc12)C(=O)Nc1ccccc1C(F)(F)F. The molecule has 0 aliphatic rings. The Morgan fingerprint density at radius 2 is 1.81 bits per heavy atom. The van der Waals surface area contributed by atoms with E-state index in [4.69, 9.17) is 0 Å². The third-order valence-corrected chi connectivity index (χ3v) is 4.78. The van der Waals surface area contributed by atoms with Crippen molar-refractivity contribution in [3.63, 3.8) is 0 Å². The fraction of sp³-hybridized carbons (Fsp3) is 0.167. The molecule has 0 unspecified atom stereocenters. The molecular weight excluding hydrogens is 363 g/mol. The van der Waals surface area contributed by atoms with Gasteiger partial charge in [-0.1, -0.05) is 48.2 Å². The zero-order valence-corrected chi connectivity index (χ0v) is 14.4. The summed E-state index contributed by atoms with van der Waals surface area (Å²) >= 11 is 1.15. The van der Waals surface area contributed by atoms with Crippen molar-refractivity contribution >= 4 is 34.1 Å². The minimum Gasteiger partial charge on any atom is -0.325 e. The summed E-state index contributed by atoms with van der Waals surface area (Å²) in [5, 5.41) is 11.9. The monoisotopic (exact) mass is 377 g/mol. The second-order valence-electron chi connectivity index (χ2n) is 5.53. The fourth-order valence-corrected chi connectivity index (χ4v) is 3.29. The minimum absolute atomic E-state index is 0.263. The van der Waals surface area contributed by atoms with E-state index in [2.05, 4.69) is 15.5 Å². The summed E-state index contributed by atoms with van der Waals surface area (Å²) in [6, 6.07) is 12.3. The molecule has 0 saturated heterocycles. The summed E-state index contributed by atoms with van der Waals surface area (Å²) < 4.78 is 39.1. The molecule has 1 N–H and O–H groups in total. The van der Waals surface area contributed by atoms with Crippen molar-refractivity contribution in [2.75, 3.05) is 5.32 Å². The van der Waals surface area contributed by atoms with Crippen molar-refractivity contribution in [3.8, 4) is 0 Å². The van der Waals surface area contributed by atoms with Gasteiger partial charge in [0.2, 0.25) is 5.91 Å². The smallest absolute Gasteiger partial charge is 0.325 e. The molecule has 4 nitrogen and oxygen atoms in total. The number of amides is 1. The van der Waals surface area contributed by atoms with E-state index in [1.54, 1.807) is 13.1 Å². The van der Waals surface area contributed by atoms with Gasteiger partial charge in [-0.25, -0.2) is 0 Å². The van der Waals surface area contributed by atoms with Crippen LogP contribution < -0.4 is 5.32 Å². The van der Waals surface area contributed by atoms with Crippen molar-refractivity contribution in [1.29, 1.82) is 0 Å². The number of hydrogen-bond donors (Lipinski definition) is 1. The number of carbonyl (C=O) groups is 1. The highest BCUT2D eigenvalue weighted by Crippen LogP contribution is 2.35. The van der Waals surface area contributed by atoms with E-state index in [0.717, 1.165) is 28.6 Å². The third kappa shape index (κ3) is 3.96. The lowest BCUT2D eigenvalue weighted by atomic mass is 10.1. The molecule has 1 amide bonds. The first-order chi connectivity index (χ1) is 12.4. The van der Waals surface area contributed by atoms with Gasteiger partial charge >= 0.3 is 6.18 Å².